The number of rotatable bonds is 3. The molecular weight excluding hydrogens is 278 g/mol. The van der Waals surface area contributed by atoms with Gasteiger partial charge >= 0.3 is 0 Å². The molecule has 1 aromatic heterocycles. The Kier molecular flexibility index (Phi) is 4.78. The predicted molar refractivity (Wildman–Crippen MR) is 86.0 cm³/mol. The minimum atomic E-state index is 0.0749. The van der Waals surface area contributed by atoms with Gasteiger partial charge in [0.1, 0.15) is 5.69 Å². The van der Waals surface area contributed by atoms with E-state index >= 15 is 0 Å². The first kappa shape index (κ1) is 15.5. The molecule has 0 saturated carbocycles. The van der Waals surface area contributed by atoms with Crippen LogP contribution in [0.1, 0.15) is 43.2 Å². The number of carbonyl (C=O) groups is 1. The Morgan fingerprint density at radius 2 is 2.09 bits per heavy atom. The normalized spacial score (nSPS) is 24.0. The number of amides is 1. The van der Waals surface area contributed by atoms with E-state index in [1.807, 2.05) is 21.8 Å². The van der Waals surface area contributed by atoms with Crippen LogP contribution in [0.25, 0.3) is 0 Å². The Morgan fingerprint density at radius 1 is 1.32 bits per heavy atom. The quantitative estimate of drug-likeness (QED) is 0.904. The van der Waals surface area contributed by atoms with Crippen molar-refractivity contribution in [2.45, 2.75) is 38.8 Å². The molecule has 22 heavy (non-hydrogen) atoms. The van der Waals surface area contributed by atoms with E-state index in [4.69, 9.17) is 0 Å². The maximum Gasteiger partial charge on any atom is 0.274 e. The summed E-state index contributed by atoms with van der Waals surface area (Å²) < 4.78 is 1.96. The topological polar surface area (TPSA) is 53.4 Å². The van der Waals surface area contributed by atoms with Crippen LogP contribution in [0.5, 0.6) is 0 Å². The lowest BCUT2D eigenvalue weighted by atomic mass is 10.1. The number of nitrogens with one attached hydrogen (secondary N) is 1. The van der Waals surface area contributed by atoms with Crippen molar-refractivity contribution in [2.75, 3.05) is 39.3 Å². The van der Waals surface area contributed by atoms with Crippen LogP contribution in [0.15, 0.2) is 12.3 Å². The second kappa shape index (κ2) is 6.79. The van der Waals surface area contributed by atoms with Crippen LogP contribution >= 0.6 is 0 Å². The summed E-state index contributed by atoms with van der Waals surface area (Å²) in [6, 6.07) is 2.80. The third-order valence-electron chi connectivity index (χ3n) is 4.80. The van der Waals surface area contributed by atoms with E-state index in [0.29, 0.717) is 17.8 Å². The summed E-state index contributed by atoms with van der Waals surface area (Å²) in [6.07, 6.45) is 4.26. The molecule has 0 radical (unpaired) electrons. The van der Waals surface area contributed by atoms with Gasteiger partial charge in [-0.2, -0.15) is 5.10 Å². The minimum absolute atomic E-state index is 0.0749. The van der Waals surface area contributed by atoms with Crippen molar-refractivity contribution < 1.29 is 4.79 Å². The molecule has 1 aromatic rings. The SMILES string of the molecule is CC(C)N1CCN(C(=O)c2ccn(C3CCCNC3)n2)CC1. The van der Waals surface area contributed by atoms with Crippen molar-refractivity contribution >= 4 is 5.91 Å². The highest BCUT2D eigenvalue weighted by Crippen LogP contribution is 2.16. The van der Waals surface area contributed by atoms with Crippen LogP contribution in [0.2, 0.25) is 0 Å². The van der Waals surface area contributed by atoms with Crippen molar-refractivity contribution in [1.29, 1.82) is 0 Å². The van der Waals surface area contributed by atoms with Crippen LogP contribution in [0, 0.1) is 0 Å². The van der Waals surface area contributed by atoms with Gasteiger partial charge in [-0.05, 0) is 39.3 Å². The van der Waals surface area contributed by atoms with Gasteiger partial charge in [-0.25, -0.2) is 0 Å². The van der Waals surface area contributed by atoms with Gasteiger partial charge in [0.2, 0.25) is 0 Å². The summed E-state index contributed by atoms with van der Waals surface area (Å²) in [5.41, 5.74) is 0.587. The molecule has 1 N–H and O–H groups in total. The second-order valence-electron chi connectivity index (χ2n) is 6.60. The molecule has 2 aliphatic rings. The number of aromatic nitrogens is 2. The van der Waals surface area contributed by atoms with Crippen molar-refractivity contribution in [3.63, 3.8) is 0 Å². The van der Waals surface area contributed by atoms with E-state index in [1.165, 1.54) is 6.42 Å². The largest absolute Gasteiger partial charge is 0.335 e. The Balaban J connectivity index is 1.60. The molecule has 1 amide bonds. The molecule has 6 nitrogen and oxygen atoms in total. The van der Waals surface area contributed by atoms with Gasteiger partial charge in [0, 0.05) is 45.0 Å². The number of hydrogen-bond acceptors (Lipinski definition) is 4. The summed E-state index contributed by atoms with van der Waals surface area (Å²) >= 11 is 0. The Morgan fingerprint density at radius 3 is 2.73 bits per heavy atom. The van der Waals surface area contributed by atoms with Gasteiger partial charge in [-0.15, -0.1) is 0 Å². The standard InChI is InChI=1S/C16H27N5O/c1-13(2)19-8-10-20(11-9-19)16(22)15-5-7-21(18-15)14-4-3-6-17-12-14/h5,7,13-14,17H,3-4,6,8-12H2,1-2H3. The Hall–Kier alpha value is -1.40. The average molecular weight is 305 g/mol. The van der Waals surface area contributed by atoms with Gasteiger partial charge in [0.05, 0.1) is 6.04 Å². The maximum absolute atomic E-state index is 12.6. The Labute approximate surface area is 132 Å². The van der Waals surface area contributed by atoms with E-state index < -0.39 is 0 Å². The average Bonchev–Trinajstić information content (AvgIpc) is 3.05. The minimum Gasteiger partial charge on any atom is -0.335 e. The van der Waals surface area contributed by atoms with Crippen LogP contribution in [-0.4, -0.2) is 70.8 Å². The number of nitrogens with zero attached hydrogens (tertiary/aromatic N) is 4. The summed E-state index contributed by atoms with van der Waals surface area (Å²) in [6.45, 7) is 9.96. The molecule has 0 spiro atoms. The van der Waals surface area contributed by atoms with E-state index in [9.17, 15) is 4.79 Å². The predicted octanol–water partition coefficient (Wildman–Crippen LogP) is 0.974. The van der Waals surface area contributed by atoms with Crippen molar-refractivity contribution in [2.24, 2.45) is 0 Å². The van der Waals surface area contributed by atoms with Gasteiger partial charge in [-0.1, -0.05) is 0 Å². The van der Waals surface area contributed by atoms with Crippen molar-refractivity contribution in [1.82, 2.24) is 24.9 Å². The zero-order chi connectivity index (χ0) is 15.5. The van der Waals surface area contributed by atoms with Crippen molar-refractivity contribution in [3.05, 3.63) is 18.0 Å². The van der Waals surface area contributed by atoms with Gasteiger partial charge < -0.3 is 10.2 Å². The monoisotopic (exact) mass is 305 g/mol. The third-order valence-corrected chi connectivity index (χ3v) is 4.80. The van der Waals surface area contributed by atoms with E-state index in [-0.39, 0.29) is 5.91 Å². The van der Waals surface area contributed by atoms with Gasteiger partial charge in [0.15, 0.2) is 0 Å². The number of hydrogen-bond donors (Lipinski definition) is 1. The van der Waals surface area contributed by atoms with Crippen LogP contribution in [-0.2, 0) is 0 Å². The van der Waals surface area contributed by atoms with Gasteiger partial charge in [0.25, 0.3) is 5.91 Å². The molecule has 3 rings (SSSR count). The smallest absolute Gasteiger partial charge is 0.274 e. The summed E-state index contributed by atoms with van der Waals surface area (Å²) in [4.78, 5) is 16.9. The molecule has 122 valence electrons. The number of piperidine rings is 1. The zero-order valence-corrected chi connectivity index (χ0v) is 13.7. The molecule has 2 fully saturated rings. The number of carbonyl (C=O) groups excluding carboxylic acids is 1. The molecule has 2 aliphatic heterocycles. The van der Waals surface area contributed by atoms with Crippen LogP contribution in [0.4, 0.5) is 0 Å². The van der Waals surface area contributed by atoms with Crippen LogP contribution in [0.3, 0.4) is 0 Å². The highest BCUT2D eigenvalue weighted by molar-refractivity contribution is 5.92. The first-order valence-electron chi connectivity index (χ1n) is 8.44. The van der Waals surface area contributed by atoms with Crippen molar-refractivity contribution in [3.8, 4) is 0 Å². The fourth-order valence-corrected chi connectivity index (χ4v) is 3.32. The highest BCUT2D eigenvalue weighted by atomic mass is 16.2. The molecule has 2 saturated heterocycles. The molecule has 0 aromatic carbocycles. The van der Waals surface area contributed by atoms with E-state index in [1.54, 1.807) is 0 Å². The molecule has 6 heteroatoms. The first-order valence-corrected chi connectivity index (χ1v) is 8.44. The summed E-state index contributed by atoms with van der Waals surface area (Å²) in [5, 5.41) is 7.92. The molecule has 1 unspecified atom stereocenters. The fraction of sp³-hybridized carbons (Fsp3) is 0.750. The summed E-state index contributed by atoms with van der Waals surface area (Å²) in [5.74, 6) is 0.0749. The summed E-state index contributed by atoms with van der Waals surface area (Å²) in [7, 11) is 0. The lowest BCUT2D eigenvalue weighted by Crippen LogP contribution is -2.50. The fourth-order valence-electron chi connectivity index (χ4n) is 3.32. The molecule has 0 aliphatic carbocycles. The molecule has 1 atom stereocenters. The van der Waals surface area contributed by atoms with Crippen LogP contribution < -0.4 is 5.32 Å². The van der Waals surface area contributed by atoms with E-state index in [2.05, 4.69) is 29.2 Å². The maximum atomic E-state index is 12.6. The van der Waals surface area contributed by atoms with Gasteiger partial charge in [-0.3, -0.25) is 14.4 Å². The Bertz CT molecular complexity index is 498. The molecule has 0 bridgehead atoms. The highest BCUT2D eigenvalue weighted by Gasteiger charge is 2.25. The van der Waals surface area contributed by atoms with E-state index in [0.717, 1.165) is 45.7 Å². The third kappa shape index (κ3) is 3.33. The first-order chi connectivity index (χ1) is 10.6. The molecule has 3 heterocycles. The lowest BCUT2D eigenvalue weighted by Gasteiger charge is -2.36. The lowest BCUT2D eigenvalue weighted by molar-refractivity contribution is 0.0588. The second-order valence-corrected chi connectivity index (χ2v) is 6.60. The number of piperazine rings is 1. The molecular formula is C16H27N5O. The zero-order valence-electron chi connectivity index (χ0n) is 13.7.